The van der Waals surface area contributed by atoms with Crippen LogP contribution in [0.1, 0.15) is 24.6 Å². The van der Waals surface area contributed by atoms with Crippen LogP contribution in [0.15, 0.2) is 17.5 Å². The predicted molar refractivity (Wildman–Crippen MR) is 48.9 cm³/mol. The van der Waals surface area contributed by atoms with Crippen LogP contribution < -0.4 is 0 Å². The van der Waals surface area contributed by atoms with E-state index in [9.17, 15) is 0 Å². The summed E-state index contributed by atoms with van der Waals surface area (Å²) in [5, 5.41) is 2.08. The zero-order valence-corrected chi connectivity index (χ0v) is 7.69. The van der Waals surface area contributed by atoms with Crippen LogP contribution in [-0.4, -0.2) is 6.61 Å². The lowest BCUT2D eigenvalue weighted by molar-refractivity contribution is 0.120. The van der Waals surface area contributed by atoms with E-state index < -0.39 is 0 Å². The van der Waals surface area contributed by atoms with Gasteiger partial charge < -0.3 is 4.74 Å². The first kappa shape index (κ1) is 8.75. The van der Waals surface area contributed by atoms with Gasteiger partial charge in [-0.05, 0) is 17.9 Å². The van der Waals surface area contributed by atoms with E-state index in [4.69, 9.17) is 4.74 Å². The fraction of sp³-hybridized carbons (Fsp3) is 0.556. The molecule has 2 heteroatoms. The van der Waals surface area contributed by atoms with Crippen molar-refractivity contribution in [2.75, 3.05) is 6.61 Å². The molecule has 0 amide bonds. The Bertz CT molecular complexity index is 170. The van der Waals surface area contributed by atoms with Crippen molar-refractivity contribution in [3.63, 3.8) is 0 Å². The smallest absolute Gasteiger partial charge is 0.0809 e. The summed E-state index contributed by atoms with van der Waals surface area (Å²) in [7, 11) is 0. The topological polar surface area (TPSA) is 9.23 Å². The fourth-order valence-electron chi connectivity index (χ4n) is 0.814. The summed E-state index contributed by atoms with van der Waals surface area (Å²) in [6.45, 7) is 3.86. The first-order chi connectivity index (χ1) is 5.43. The lowest BCUT2D eigenvalue weighted by Gasteiger charge is -1.99. The Balaban J connectivity index is 2.04. The highest BCUT2D eigenvalue weighted by molar-refractivity contribution is 7.09. The molecular formula is C9H14OS. The molecule has 1 aromatic heterocycles. The van der Waals surface area contributed by atoms with E-state index in [1.54, 1.807) is 11.3 Å². The van der Waals surface area contributed by atoms with Gasteiger partial charge in [0, 0.05) is 11.5 Å². The van der Waals surface area contributed by atoms with Gasteiger partial charge in [-0.15, -0.1) is 11.3 Å². The average Bonchev–Trinajstić information content (AvgIpc) is 2.50. The third-order valence-corrected chi connectivity index (χ3v) is 2.32. The molecule has 0 saturated carbocycles. The minimum Gasteiger partial charge on any atom is -0.376 e. The summed E-state index contributed by atoms with van der Waals surface area (Å²) in [5.41, 5.74) is 0. The Morgan fingerprint density at radius 3 is 3.09 bits per heavy atom. The van der Waals surface area contributed by atoms with Crippen molar-refractivity contribution in [2.45, 2.75) is 26.4 Å². The highest BCUT2D eigenvalue weighted by atomic mass is 32.1. The highest BCUT2D eigenvalue weighted by Gasteiger charge is 1.91. The summed E-state index contributed by atoms with van der Waals surface area (Å²) in [6, 6.07) is 4.17. The zero-order chi connectivity index (χ0) is 7.94. The minimum atomic E-state index is 0.789. The number of thiophene rings is 1. The van der Waals surface area contributed by atoms with Gasteiger partial charge in [0.1, 0.15) is 0 Å². The molecule has 1 nitrogen and oxygen atoms in total. The van der Waals surface area contributed by atoms with Crippen molar-refractivity contribution in [1.29, 1.82) is 0 Å². The number of hydrogen-bond acceptors (Lipinski definition) is 2. The van der Waals surface area contributed by atoms with Crippen LogP contribution in [0.2, 0.25) is 0 Å². The van der Waals surface area contributed by atoms with Crippen molar-refractivity contribution < 1.29 is 4.74 Å². The summed E-state index contributed by atoms with van der Waals surface area (Å²) in [6.07, 6.45) is 2.38. The van der Waals surface area contributed by atoms with Gasteiger partial charge in [-0.1, -0.05) is 19.4 Å². The van der Waals surface area contributed by atoms with Crippen molar-refractivity contribution in [1.82, 2.24) is 0 Å². The van der Waals surface area contributed by atoms with E-state index in [0.717, 1.165) is 13.2 Å². The number of hydrogen-bond donors (Lipinski definition) is 0. The maximum absolute atomic E-state index is 5.43. The summed E-state index contributed by atoms with van der Waals surface area (Å²) >= 11 is 1.76. The summed E-state index contributed by atoms with van der Waals surface area (Å²) in [4.78, 5) is 1.32. The van der Waals surface area contributed by atoms with Crippen LogP contribution in [0.25, 0.3) is 0 Å². The molecule has 0 aromatic carbocycles. The van der Waals surface area contributed by atoms with Crippen LogP contribution >= 0.6 is 11.3 Å². The molecular weight excluding hydrogens is 156 g/mol. The largest absolute Gasteiger partial charge is 0.376 e. The van der Waals surface area contributed by atoms with Crippen molar-refractivity contribution in [3.8, 4) is 0 Å². The van der Waals surface area contributed by atoms with E-state index in [0.29, 0.717) is 0 Å². The van der Waals surface area contributed by atoms with Crippen LogP contribution in [0.3, 0.4) is 0 Å². The lowest BCUT2D eigenvalue weighted by Crippen LogP contribution is -1.92. The molecule has 0 fully saturated rings. The molecule has 0 saturated heterocycles. The van der Waals surface area contributed by atoms with Crippen LogP contribution in [-0.2, 0) is 11.3 Å². The normalized spacial score (nSPS) is 10.3. The van der Waals surface area contributed by atoms with Gasteiger partial charge in [-0.25, -0.2) is 0 Å². The standard InChI is InChI=1S/C9H14OS/c1-2-3-6-10-8-9-5-4-7-11-9/h4-5,7H,2-3,6,8H2,1H3. The maximum Gasteiger partial charge on any atom is 0.0809 e. The molecule has 0 aliphatic carbocycles. The first-order valence-electron chi connectivity index (χ1n) is 4.03. The molecule has 1 rings (SSSR count). The number of unbranched alkanes of at least 4 members (excludes halogenated alkanes) is 1. The highest BCUT2D eigenvalue weighted by Crippen LogP contribution is 2.09. The molecule has 62 valence electrons. The second-order valence-corrected chi connectivity index (χ2v) is 3.52. The van der Waals surface area contributed by atoms with Crippen LogP contribution in [0.4, 0.5) is 0 Å². The van der Waals surface area contributed by atoms with Crippen molar-refractivity contribution in [2.24, 2.45) is 0 Å². The minimum absolute atomic E-state index is 0.789. The maximum atomic E-state index is 5.43. The van der Waals surface area contributed by atoms with Crippen molar-refractivity contribution in [3.05, 3.63) is 22.4 Å². The predicted octanol–water partition coefficient (Wildman–Crippen LogP) is 3.06. The molecule has 1 heterocycles. The molecule has 0 spiro atoms. The van der Waals surface area contributed by atoms with Gasteiger partial charge in [-0.3, -0.25) is 0 Å². The van der Waals surface area contributed by atoms with Gasteiger partial charge >= 0.3 is 0 Å². The summed E-state index contributed by atoms with van der Waals surface area (Å²) in [5.74, 6) is 0. The molecule has 0 N–H and O–H groups in total. The van der Waals surface area contributed by atoms with Gasteiger partial charge in [0.15, 0.2) is 0 Å². The van der Waals surface area contributed by atoms with Crippen LogP contribution in [0, 0.1) is 0 Å². The molecule has 0 aliphatic rings. The molecule has 1 aromatic rings. The van der Waals surface area contributed by atoms with Gasteiger partial charge in [0.25, 0.3) is 0 Å². The number of ether oxygens (including phenoxy) is 1. The third kappa shape index (κ3) is 3.54. The Hall–Kier alpha value is -0.340. The zero-order valence-electron chi connectivity index (χ0n) is 6.88. The first-order valence-corrected chi connectivity index (χ1v) is 4.91. The Morgan fingerprint density at radius 2 is 2.45 bits per heavy atom. The van der Waals surface area contributed by atoms with E-state index in [1.165, 1.54) is 17.7 Å². The molecule has 0 atom stereocenters. The molecule has 0 radical (unpaired) electrons. The second-order valence-electron chi connectivity index (χ2n) is 2.49. The van der Waals surface area contributed by atoms with E-state index in [-0.39, 0.29) is 0 Å². The Kier molecular flexibility index (Phi) is 4.24. The SMILES string of the molecule is CCCCOCc1cccs1. The summed E-state index contributed by atoms with van der Waals surface area (Å²) < 4.78 is 5.43. The Morgan fingerprint density at radius 1 is 1.55 bits per heavy atom. The number of rotatable bonds is 5. The van der Waals surface area contributed by atoms with E-state index in [2.05, 4.69) is 24.4 Å². The second kappa shape index (κ2) is 5.33. The molecule has 0 bridgehead atoms. The lowest BCUT2D eigenvalue weighted by atomic mass is 10.4. The fourth-order valence-corrected chi connectivity index (χ4v) is 1.45. The monoisotopic (exact) mass is 170 g/mol. The Labute approximate surface area is 72.0 Å². The van der Waals surface area contributed by atoms with Crippen LogP contribution in [0.5, 0.6) is 0 Å². The molecule has 0 aliphatic heterocycles. The van der Waals surface area contributed by atoms with Crippen molar-refractivity contribution >= 4 is 11.3 Å². The third-order valence-electron chi connectivity index (χ3n) is 1.47. The average molecular weight is 170 g/mol. The van der Waals surface area contributed by atoms with E-state index >= 15 is 0 Å². The van der Waals surface area contributed by atoms with Gasteiger partial charge in [0.2, 0.25) is 0 Å². The molecule has 11 heavy (non-hydrogen) atoms. The quantitative estimate of drug-likeness (QED) is 0.617. The van der Waals surface area contributed by atoms with Gasteiger partial charge in [-0.2, -0.15) is 0 Å². The molecule has 0 unspecified atom stereocenters. The van der Waals surface area contributed by atoms with Gasteiger partial charge in [0.05, 0.1) is 6.61 Å². The van der Waals surface area contributed by atoms with E-state index in [1.807, 2.05) is 0 Å².